The van der Waals surface area contributed by atoms with Crippen LogP contribution in [0.2, 0.25) is 0 Å². The smallest absolute Gasteiger partial charge is 0.308 e. The summed E-state index contributed by atoms with van der Waals surface area (Å²) in [4.78, 5) is 19.7. The number of carbonyl (C=O) groups is 1. The number of carbonyl (C=O) groups excluding carboxylic acids is 1. The van der Waals surface area contributed by atoms with E-state index in [1.165, 1.54) is 19.3 Å². The first kappa shape index (κ1) is 19.3. The first-order valence-corrected chi connectivity index (χ1v) is 9.14. The first-order valence-electron chi connectivity index (χ1n) is 9.14. The zero-order chi connectivity index (χ0) is 20.7. The van der Waals surface area contributed by atoms with Gasteiger partial charge in [-0.05, 0) is 25.1 Å². The summed E-state index contributed by atoms with van der Waals surface area (Å²) in [5.41, 5.74) is 1.46. The summed E-state index contributed by atoms with van der Waals surface area (Å²) in [5, 5.41) is 22.0. The van der Waals surface area contributed by atoms with Gasteiger partial charge >= 0.3 is 5.97 Å². The van der Waals surface area contributed by atoms with E-state index in [1.54, 1.807) is 10.8 Å². The molecular weight excluding hydrogens is 381 g/mol. The van der Waals surface area contributed by atoms with Crippen molar-refractivity contribution in [1.29, 1.82) is 0 Å². The van der Waals surface area contributed by atoms with Crippen molar-refractivity contribution in [2.45, 2.75) is 44.6 Å². The standard InChI is InChI=1S/C20H20FN3O5/c1-10-13-5-6-24(20(13)23-9-22-10)14-8-17(19(27)18(14)26)29-15-4-3-12(21)7-16(15)28-11(2)25/h3-7,9,14,17-19,26-27H,8H2,1-2H3/t14-,17+,18+,19-/m1/s1. The van der Waals surface area contributed by atoms with Gasteiger partial charge in [0.1, 0.15) is 36.1 Å². The van der Waals surface area contributed by atoms with E-state index in [0.29, 0.717) is 5.65 Å². The molecule has 8 nitrogen and oxygen atoms in total. The number of nitrogens with zero attached hydrogens (tertiary/aromatic N) is 3. The van der Waals surface area contributed by atoms with Gasteiger partial charge in [-0.3, -0.25) is 4.79 Å². The van der Waals surface area contributed by atoms with Crippen LogP contribution in [0.25, 0.3) is 11.0 Å². The number of ether oxygens (including phenoxy) is 2. The maximum atomic E-state index is 13.5. The van der Waals surface area contributed by atoms with E-state index >= 15 is 0 Å². The lowest BCUT2D eigenvalue weighted by atomic mass is 10.2. The molecule has 2 heterocycles. The SMILES string of the molecule is CC(=O)Oc1cc(F)ccc1O[C@H]1C[C@@H](n2ccc3c(C)ncnc32)[C@H](O)[C@@H]1O. The van der Waals surface area contributed by atoms with Gasteiger partial charge in [-0.2, -0.15) is 0 Å². The molecule has 4 rings (SSSR count). The third kappa shape index (κ3) is 3.54. The number of rotatable bonds is 4. The Morgan fingerprint density at radius 1 is 1.21 bits per heavy atom. The van der Waals surface area contributed by atoms with Crippen LogP contribution < -0.4 is 9.47 Å². The number of hydrogen-bond donors (Lipinski definition) is 2. The van der Waals surface area contributed by atoms with Crippen LogP contribution in [-0.2, 0) is 4.79 Å². The molecule has 0 aliphatic heterocycles. The Morgan fingerprint density at radius 3 is 2.76 bits per heavy atom. The molecule has 1 aromatic carbocycles. The molecule has 0 radical (unpaired) electrons. The maximum Gasteiger partial charge on any atom is 0.308 e. The normalized spacial score (nSPS) is 24.0. The fourth-order valence-electron chi connectivity index (χ4n) is 3.70. The van der Waals surface area contributed by atoms with Crippen molar-refractivity contribution in [3.8, 4) is 11.5 Å². The van der Waals surface area contributed by atoms with Crippen LogP contribution in [0.1, 0.15) is 25.1 Å². The van der Waals surface area contributed by atoms with Crippen molar-refractivity contribution < 1.29 is 28.9 Å². The van der Waals surface area contributed by atoms with E-state index in [4.69, 9.17) is 9.47 Å². The minimum atomic E-state index is -1.20. The molecule has 152 valence electrons. The second-order valence-corrected chi connectivity index (χ2v) is 7.04. The van der Waals surface area contributed by atoms with E-state index in [1.807, 2.05) is 13.0 Å². The highest BCUT2D eigenvalue weighted by molar-refractivity contribution is 5.78. The van der Waals surface area contributed by atoms with Gasteiger partial charge in [0.05, 0.1) is 11.7 Å². The zero-order valence-corrected chi connectivity index (χ0v) is 15.8. The number of benzene rings is 1. The van der Waals surface area contributed by atoms with E-state index < -0.39 is 36.1 Å². The predicted octanol–water partition coefficient (Wildman–Crippen LogP) is 1.92. The van der Waals surface area contributed by atoms with E-state index in [2.05, 4.69) is 9.97 Å². The van der Waals surface area contributed by atoms with Gasteiger partial charge in [-0.25, -0.2) is 14.4 Å². The molecule has 0 spiro atoms. The number of aryl methyl sites for hydroxylation is 1. The molecule has 1 fully saturated rings. The minimum Gasteiger partial charge on any atom is -0.484 e. The number of aliphatic hydroxyl groups excluding tert-OH is 2. The fourth-order valence-corrected chi connectivity index (χ4v) is 3.70. The molecule has 1 aliphatic rings. The minimum absolute atomic E-state index is 0.0857. The molecular formula is C20H20FN3O5. The molecule has 0 amide bonds. The number of esters is 1. The Kier molecular flexibility index (Phi) is 4.93. The van der Waals surface area contributed by atoms with Crippen LogP contribution in [-0.4, -0.2) is 49.0 Å². The first-order chi connectivity index (χ1) is 13.8. The van der Waals surface area contributed by atoms with Crippen LogP contribution in [0.5, 0.6) is 11.5 Å². The maximum absolute atomic E-state index is 13.5. The lowest BCUT2D eigenvalue weighted by molar-refractivity contribution is -0.132. The number of aromatic nitrogens is 3. The summed E-state index contributed by atoms with van der Waals surface area (Å²) < 4.78 is 26.1. The second kappa shape index (κ2) is 7.41. The van der Waals surface area contributed by atoms with Crippen molar-refractivity contribution in [3.05, 3.63) is 48.3 Å². The van der Waals surface area contributed by atoms with E-state index in [-0.39, 0.29) is 17.9 Å². The number of fused-ring (bicyclic) bond motifs is 1. The molecule has 0 unspecified atom stereocenters. The molecule has 9 heteroatoms. The summed E-state index contributed by atoms with van der Waals surface area (Å²) >= 11 is 0. The lowest BCUT2D eigenvalue weighted by Gasteiger charge is -2.19. The third-order valence-electron chi connectivity index (χ3n) is 5.10. The van der Waals surface area contributed by atoms with Crippen molar-refractivity contribution in [1.82, 2.24) is 14.5 Å². The van der Waals surface area contributed by atoms with Gasteiger partial charge in [-0.15, -0.1) is 0 Å². The van der Waals surface area contributed by atoms with Crippen molar-refractivity contribution >= 4 is 17.0 Å². The average Bonchev–Trinajstić information content (AvgIpc) is 3.21. The molecule has 0 saturated heterocycles. The lowest BCUT2D eigenvalue weighted by Crippen LogP contribution is -2.34. The summed E-state index contributed by atoms with van der Waals surface area (Å²) in [7, 11) is 0. The molecule has 1 aliphatic carbocycles. The van der Waals surface area contributed by atoms with E-state index in [9.17, 15) is 19.4 Å². The molecule has 2 aromatic heterocycles. The summed E-state index contributed by atoms with van der Waals surface area (Å²) in [6, 6.07) is 4.89. The van der Waals surface area contributed by atoms with Gasteiger partial charge in [0.25, 0.3) is 0 Å². The van der Waals surface area contributed by atoms with Crippen LogP contribution in [0.4, 0.5) is 4.39 Å². The van der Waals surface area contributed by atoms with Crippen molar-refractivity contribution in [2.24, 2.45) is 0 Å². The highest BCUT2D eigenvalue weighted by Crippen LogP contribution is 2.38. The van der Waals surface area contributed by atoms with Crippen molar-refractivity contribution in [3.63, 3.8) is 0 Å². The Bertz CT molecular complexity index is 1070. The van der Waals surface area contributed by atoms with Gasteiger partial charge < -0.3 is 24.3 Å². The van der Waals surface area contributed by atoms with Crippen LogP contribution in [0, 0.1) is 12.7 Å². The van der Waals surface area contributed by atoms with Gasteiger partial charge in [0.2, 0.25) is 0 Å². The Morgan fingerprint density at radius 2 is 2.00 bits per heavy atom. The van der Waals surface area contributed by atoms with Crippen LogP contribution >= 0.6 is 0 Å². The number of aliphatic hydroxyl groups is 2. The molecule has 0 bridgehead atoms. The van der Waals surface area contributed by atoms with Crippen molar-refractivity contribution in [2.75, 3.05) is 0 Å². The molecule has 4 atom stereocenters. The molecule has 29 heavy (non-hydrogen) atoms. The Hall–Kier alpha value is -3.04. The largest absolute Gasteiger partial charge is 0.484 e. The highest BCUT2D eigenvalue weighted by atomic mass is 19.1. The molecule has 2 N–H and O–H groups in total. The van der Waals surface area contributed by atoms with Gasteiger partial charge in [-0.1, -0.05) is 0 Å². The predicted molar refractivity (Wildman–Crippen MR) is 100 cm³/mol. The van der Waals surface area contributed by atoms with Gasteiger partial charge in [0, 0.05) is 31.0 Å². The second-order valence-electron chi connectivity index (χ2n) is 7.04. The average molecular weight is 401 g/mol. The summed E-state index contributed by atoms with van der Waals surface area (Å²) in [6.07, 6.45) is 0.405. The quantitative estimate of drug-likeness (QED) is 0.508. The fraction of sp³-hybridized carbons (Fsp3) is 0.350. The van der Waals surface area contributed by atoms with Gasteiger partial charge in [0.15, 0.2) is 11.5 Å². The monoisotopic (exact) mass is 401 g/mol. The molecule has 3 aromatic rings. The van der Waals surface area contributed by atoms with E-state index in [0.717, 1.165) is 23.2 Å². The topological polar surface area (TPSA) is 107 Å². The Labute approximate surface area is 165 Å². The zero-order valence-electron chi connectivity index (χ0n) is 15.8. The third-order valence-corrected chi connectivity index (χ3v) is 5.10. The summed E-state index contributed by atoms with van der Waals surface area (Å²) in [6.45, 7) is 3.06. The van der Waals surface area contributed by atoms with Crippen LogP contribution in [0.3, 0.4) is 0 Å². The molecule has 1 saturated carbocycles. The van der Waals surface area contributed by atoms with Crippen LogP contribution in [0.15, 0.2) is 36.8 Å². The highest BCUT2D eigenvalue weighted by Gasteiger charge is 2.44. The number of halogens is 1. The number of hydrogen-bond acceptors (Lipinski definition) is 7. The Balaban J connectivity index is 1.61. The summed E-state index contributed by atoms with van der Waals surface area (Å²) in [5.74, 6) is -1.20.